The van der Waals surface area contributed by atoms with Crippen molar-refractivity contribution in [2.24, 2.45) is 0 Å². The minimum atomic E-state index is -4.67. The van der Waals surface area contributed by atoms with Crippen LogP contribution in [0.15, 0.2) is 24.3 Å². The molecule has 112 valence electrons. The summed E-state index contributed by atoms with van der Waals surface area (Å²) in [5, 5.41) is 3.41. The molecule has 2 rings (SSSR count). The van der Waals surface area contributed by atoms with E-state index in [0.717, 1.165) is 13.0 Å². The Hall–Kier alpha value is -1.43. The van der Waals surface area contributed by atoms with Crippen LogP contribution in [-0.4, -0.2) is 31.5 Å². The molecule has 0 amide bonds. The minimum Gasteiger partial charge on any atom is -0.404 e. The van der Waals surface area contributed by atoms with Crippen molar-refractivity contribution in [2.45, 2.75) is 32.2 Å². The normalized spacial score (nSPS) is 23.8. The molecule has 0 bridgehead atoms. The fourth-order valence-corrected chi connectivity index (χ4v) is 2.42. The highest BCUT2D eigenvalue weighted by atomic mass is 19.4. The summed E-state index contributed by atoms with van der Waals surface area (Å²) in [7, 11) is 0. The summed E-state index contributed by atoms with van der Waals surface area (Å²) in [6.45, 7) is 6.20. The van der Waals surface area contributed by atoms with Gasteiger partial charge in [0, 0.05) is 25.2 Å². The van der Waals surface area contributed by atoms with Crippen LogP contribution in [0.2, 0.25) is 0 Å². The van der Waals surface area contributed by atoms with E-state index in [2.05, 4.69) is 23.9 Å². The Labute approximate surface area is 116 Å². The van der Waals surface area contributed by atoms with Crippen molar-refractivity contribution in [2.75, 3.05) is 24.5 Å². The van der Waals surface area contributed by atoms with Gasteiger partial charge in [-0.2, -0.15) is 0 Å². The standard InChI is InChI=1S/C14H19F3N2O/c1-3-13(2)10-19(9-8-18-13)11-6-4-5-7-12(11)20-14(15,16)17/h4-7,18H,3,8-10H2,1-2H3. The van der Waals surface area contributed by atoms with E-state index in [1.54, 1.807) is 18.2 Å². The predicted molar refractivity (Wildman–Crippen MR) is 72.0 cm³/mol. The second-order valence-corrected chi connectivity index (χ2v) is 5.28. The number of hydrogen-bond acceptors (Lipinski definition) is 3. The molecule has 0 spiro atoms. The Bertz CT molecular complexity index is 464. The lowest BCUT2D eigenvalue weighted by Gasteiger charge is -2.42. The van der Waals surface area contributed by atoms with E-state index in [9.17, 15) is 13.2 Å². The van der Waals surface area contributed by atoms with Crippen molar-refractivity contribution < 1.29 is 17.9 Å². The number of alkyl halides is 3. The first-order chi connectivity index (χ1) is 9.33. The van der Waals surface area contributed by atoms with Crippen LogP contribution in [0.3, 0.4) is 0 Å². The summed E-state index contributed by atoms with van der Waals surface area (Å²) in [6.07, 6.45) is -3.76. The molecule has 1 aliphatic rings. The lowest BCUT2D eigenvalue weighted by atomic mass is 9.95. The first kappa shape index (κ1) is 15.0. The minimum absolute atomic E-state index is 0.0937. The van der Waals surface area contributed by atoms with Crippen molar-refractivity contribution in [3.63, 3.8) is 0 Å². The number of nitrogens with zero attached hydrogens (tertiary/aromatic N) is 1. The smallest absolute Gasteiger partial charge is 0.404 e. The van der Waals surface area contributed by atoms with Gasteiger partial charge in [0.05, 0.1) is 5.69 Å². The van der Waals surface area contributed by atoms with E-state index in [4.69, 9.17) is 0 Å². The van der Waals surface area contributed by atoms with E-state index in [-0.39, 0.29) is 11.3 Å². The molecule has 1 aromatic rings. The molecule has 20 heavy (non-hydrogen) atoms. The molecule has 0 aromatic heterocycles. The second-order valence-electron chi connectivity index (χ2n) is 5.28. The molecular formula is C14H19F3N2O. The predicted octanol–water partition coefficient (Wildman–Crippen LogP) is 3.16. The third-order valence-corrected chi connectivity index (χ3v) is 3.69. The molecule has 1 saturated heterocycles. The van der Waals surface area contributed by atoms with E-state index in [1.165, 1.54) is 6.07 Å². The monoisotopic (exact) mass is 288 g/mol. The average Bonchev–Trinajstić information content (AvgIpc) is 2.37. The third kappa shape index (κ3) is 3.56. The molecule has 0 saturated carbocycles. The van der Waals surface area contributed by atoms with Gasteiger partial charge in [0.2, 0.25) is 0 Å². The SMILES string of the molecule is CCC1(C)CN(c2ccccc2OC(F)(F)F)CCN1. The van der Waals surface area contributed by atoms with Crippen LogP contribution in [0.4, 0.5) is 18.9 Å². The quantitative estimate of drug-likeness (QED) is 0.924. The van der Waals surface area contributed by atoms with Gasteiger partial charge in [0.25, 0.3) is 0 Å². The molecular weight excluding hydrogens is 269 g/mol. The van der Waals surface area contributed by atoms with Crippen LogP contribution in [0.1, 0.15) is 20.3 Å². The molecule has 1 heterocycles. The lowest BCUT2D eigenvalue weighted by Crippen LogP contribution is -2.58. The van der Waals surface area contributed by atoms with Gasteiger partial charge in [-0.1, -0.05) is 19.1 Å². The molecule has 3 nitrogen and oxygen atoms in total. The van der Waals surface area contributed by atoms with Crippen LogP contribution in [0.25, 0.3) is 0 Å². The summed E-state index contributed by atoms with van der Waals surface area (Å²) < 4.78 is 41.5. The van der Waals surface area contributed by atoms with Crippen molar-refractivity contribution in [1.29, 1.82) is 0 Å². The zero-order chi connectivity index (χ0) is 14.8. The molecule has 0 radical (unpaired) electrons. The molecule has 1 atom stereocenters. The zero-order valence-electron chi connectivity index (χ0n) is 11.6. The Morgan fingerprint density at radius 2 is 2.05 bits per heavy atom. The van der Waals surface area contributed by atoms with E-state index in [0.29, 0.717) is 18.8 Å². The second kappa shape index (κ2) is 5.52. The molecule has 1 N–H and O–H groups in total. The molecule has 0 aliphatic carbocycles. The Kier molecular flexibility index (Phi) is 4.13. The zero-order valence-corrected chi connectivity index (χ0v) is 11.6. The molecule has 1 fully saturated rings. The van der Waals surface area contributed by atoms with Crippen molar-refractivity contribution in [3.8, 4) is 5.75 Å². The van der Waals surface area contributed by atoms with Crippen LogP contribution < -0.4 is 15.0 Å². The van der Waals surface area contributed by atoms with Gasteiger partial charge in [-0.3, -0.25) is 0 Å². The fraction of sp³-hybridized carbons (Fsp3) is 0.571. The summed E-state index contributed by atoms with van der Waals surface area (Å²) in [5.41, 5.74) is 0.398. The Morgan fingerprint density at radius 3 is 2.70 bits per heavy atom. The number of nitrogens with one attached hydrogen (secondary N) is 1. The van der Waals surface area contributed by atoms with Gasteiger partial charge in [-0.05, 0) is 25.5 Å². The van der Waals surface area contributed by atoms with E-state index in [1.807, 2.05) is 4.90 Å². The number of anilines is 1. The van der Waals surface area contributed by atoms with Crippen LogP contribution >= 0.6 is 0 Å². The highest BCUT2D eigenvalue weighted by Crippen LogP contribution is 2.34. The first-order valence-corrected chi connectivity index (χ1v) is 6.68. The molecule has 6 heteroatoms. The fourth-order valence-electron chi connectivity index (χ4n) is 2.42. The molecule has 1 aliphatic heterocycles. The van der Waals surface area contributed by atoms with Crippen LogP contribution in [-0.2, 0) is 0 Å². The summed E-state index contributed by atoms with van der Waals surface area (Å²) in [4.78, 5) is 1.95. The average molecular weight is 288 g/mol. The van der Waals surface area contributed by atoms with Crippen molar-refractivity contribution in [3.05, 3.63) is 24.3 Å². The number of hydrogen-bond donors (Lipinski definition) is 1. The largest absolute Gasteiger partial charge is 0.573 e. The van der Waals surface area contributed by atoms with E-state index >= 15 is 0 Å². The van der Waals surface area contributed by atoms with Crippen LogP contribution in [0.5, 0.6) is 5.75 Å². The number of benzene rings is 1. The van der Waals surface area contributed by atoms with Gasteiger partial charge < -0.3 is 15.0 Å². The summed E-state index contributed by atoms with van der Waals surface area (Å²) in [5.74, 6) is -0.139. The van der Waals surface area contributed by atoms with Crippen molar-refractivity contribution in [1.82, 2.24) is 5.32 Å². The summed E-state index contributed by atoms with van der Waals surface area (Å²) in [6, 6.07) is 6.30. The van der Waals surface area contributed by atoms with Crippen molar-refractivity contribution >= 4 is 5.69 Å². The number of para-hydroxylation sites is 2. The topological polar surface area (TPSA) is 24.5 Å². The Morgan fingerprint density at radius 1 is 1.35 bits per heavy atom. The number of halogens is 3. The highest BCUT2D eigenvalue weighted by Gasteiger charge is 2.34. The summed E-state index contributed by atoms with van der Waals surface area (Å²) >= 11 is 0. The van der Waals surface area contributed by atoms with Gasteiger partial charge >= 0.3 is 6.36 Å². The maximum Gasteiger partial charge on any atom is 0.573 e. The molecule has 1 unspecified atom stereocenters. The van der Waals surface area contributed by atoms with E-state index < -0.39 is 6.36 Å². The van der Waals surface area contributed by atoms with Gasteiger partial charge in [0.15, 0.2) is 5.75 Å². The van der Waals surface area contributed by atoms with Gasteiger partial charge in [-0.25, -0.2) is 0 Å². The third-order valence-electron chi connectivity index (χ3n) is 3.69. The first-order valence-electron chi connectivity index (χ1n) is 6.68. The number of ether oxygens (including phenoxy) is 1. The van der Waals surface area contributed by atoms with Gasteiger partial charge in [0.1, 0.15) is 0 Å². The maximum atomic E-state index is 12.5. The lowest BCUT2D eigenvalue weighted by molar-refractivity contribution is -0.274. The maximum absolute atomic E-state index is 12.5. The Balaban J connectivity index is 2.24. The molecule has 1 aromatic carbocycles. The highest BCUT2D eigenvalue weighted by molar-refractivity contribution is 5.59. The number of piperazine rings is 1. The van der Waals surface area contributed by atoms with Gasteiger partial charge in [-0.15, -0.1) is 13.2 Å². The number of rotatable bonds is 3. The van der Waals surface area contributed by atoms with Crippen LogP contribution in [0, 0.1) is 0 Å².